The van der Waals surface area contributed by atoms with E-state index in [9.17, 15) is 35.5 Å². The average molecular weight is 901 g/mol. The van der Waals surface area contributed by atoms with Gasteiger partial charge in [-0.25, -0.2) is 16.8 Å². The number of thiophene rings is 2. The molecule has 0 spiro atoms. The zero-order valence-corrected chi connectivity index (χ0v) is 39.4. The zero-order chi connectivity index (χ0) is 40.2. The predicted octanol–water partition coefficient (Wildman–Crippen LogP) is -1.98. The summed E-state index contributed by atoms with van der Waals surface area (Å²) >= 11 is 2.69. The number of benzene rings is 2. The Kier molecular flexibility index (Phi) is 14.2. The van der Waals surface area contributed by atoms with E-state index in [1.165, 1.54) is 83.4 Å². The van der Waals surface area contributed by atoms with Crippen LogP contribution in [0.3, 0.4) is 0 Å². The third kappa shape index (κ3) is 8.81. The molecule has 0 aliphatic carbocycles. The number of nitrogens with one attached hydrogen (secondary N) is 2. The van der Waals surface area contributed by atoms with Crippen LogP contribution in [0.2, 0.25) is 0 Å². The second-order valence-electron chi connectivity index (χ2n) is 13.4. The van der Waals surface area contributed by atoms with Crippen molar-refractivity contribution in [1.29, 1.82) is 0 Å². The fourth-order valence-electron chi connectivity index (χ4n) is 7.57. The second kappa shape index (κ2) is 18.3. The van der Waals surface area contributed by atoms with Gasteiger partial charge in [0.1, 0.15) is 66.8 Å². The van der Waals surface area contributed by atoms with Crippen LogP contribution in [0.4, 0.5) is 11.4 Å². The van der Waals surface area contributed by atoms with Crippen LogP contribution in [0.25, 0.3) is 11.1 Å². The summed E-state index contributed by atoms with van der Waals surface area (Å²) in [4.78, 5) is 31.9. The van der Waals surface area contributed by atoms with Crippen LogP contribution in [0, 0.1) is 0 Å². The summed E-state index contributed by atoms with van der Waals surface area (Å²) in [7, 11) is -7.32. The van der Waals surface area contributed by atoms with Crippen LogP contribution in [-0.4, -0.2) is 110 Å². The summed E-state index contributed by atoms with van der Waals surface area (Å²) in [5.41, 5.74) is 1.48. The molecule has 4 aliphatic rings. The number of anilines is 2. The molecule has 0 saturated heterocycles. The Bertz CT molecular complexity index is 2330. The molecular weight excluding hydrogens is 867 g/mol. The van der Waals surface area contributed by atoms with Crippen LogP contribution in [0.1, 0.15) is 36.9 Å². The number of methoxy groups -OCH3 is 2. The van der Waals surface area contributed by atoms with Gasteiger partial charge in [0.15, 0.2) is 0 Å². The van der Waals surface area contributed by atoms with E-state index < -0.39 is 67.1 Å². The van der Waals surface area contributed by atoms with Gasteiger partial charge >= 0.3 is 59.1 Å². The number of rotatable bonds is 12. The number of fused-ring (bicyclic) bond motifs is 4. The van der Waals surface area contributed by atoms with Crippen molar-refractivity contribution in [2.45, 2.75) is 41.5 Å². The summed E-state index contributed by atoms with van der Waals surface area (Å²) in [6.07, 6.45) is 1.01. The molecule has 2 amide bonds. The average Bonchev–Trinajstić information content (AvgIpc) is 4.00. The number of carbonyl (C=O) groups excluding carboxylic acids is 2. The Hall–Kier alpha value is -2.80. The fraction of sp³-hybridized carbons (Fsp3) is 0.297. The zero-order valence-electron chi connectivity index (χ0n) is 32.1. The maximum atomic E-state index is 14.0. The van der Waals surface area contributed by atoms with Crippen molar-refractivity contribution in [2.24, 2.45) is 0 Å². The van der Waals surface area contributed by atoms with E-state index in [1.54, 1.807) is 36.4 Å². The molecule has 0 radical (unpaired) electrons. The monoisotopic (exact) mass is 900 g/mol. The smallest absolute Gasteiger partial charge is 0.746 e. The molecule has 16 nitrogen and oxygen atoms in total. The maximum absolute atomic E-state index is 14.0. The van der Waals surface area contributed by atoms with E-state index in [0.29, 0.717) is 32.4 Å². The molecule has 2 aromatic carbocycles. The standard InChI is InChI=1S/C37H36N4O12S4.2Na/c1-50-20-8-10-26-22(16-20)36(42)40-18-24(28-6-3-14-54-28)32(30(40)34(38-26)56(44,45)46)52-12-5-13-53-33-25(29-7-4-15-55-29)19-41-31(33)35(57(47,48)49)39-27-11-9-21(51-2)17-23(27)37(41)43;;/h3-4,6-11,14-19,30-35,38-39H,5,12-13H2,1-2H3,(H,44,45,46)(H,47,48,49);;/q;2*+1/p-2/t30-,31-,32?,33?,34?,35?;;/m0../s1. The van der Waals surface area contributed by atoms with Gasteiger partial charge < -0.3 is 48.5 Å². The number of hydrogen-bond donors (Lipinski definition) is 2. The van der Waals surface area contributed by atoms with E-state index in [1.807, 2.05) is 10.8 Å². The van der Waals surface area contributed by atoms with Gasteiger partial charge in [-0.2, -0.15) is 0 Å². The molecule has 0 bridgehead atoms. The first-order valence-corrected chi connectivity index (χ1v) is 22.2. The van der Waals surface area contributed by atoms with Crippen molar-refractivity contribution in [2.75, 3.05) is 38.1 Å². The van der Waals surface area contributed by atoms with Gasteiger partial charge in [0, 0.05) is 57.9 Å². The SMILES string of the molecule is COc1ccc2c(c1)C(=O)N1C=C(c3cccs3)C(OCCCOC3C(c4cccs4)=CN4C(=O)c5cc(OC)ccc5NC(S(=O)(=O)[O-])[C@H]34)[C@H]1C(S(=O)(=O)[O-])N2.[Na+].[Na+]. The third-order valence-electron chi connectivity index (χ3n) is 10.1. The number of nitrogens with zero attached hydrogens (tertiary/aromatic N) is 2. The first-order valence-electron chi connectivity index (χ1n) is 17.5. The van der Waals surface area contributed by atoms with Crippen molar-refractivity contribution < 1.29 is 114 Å². The van der Waals surface area contributed by atoms with Crippen molar-refractivity contribution in [3.05, 3.63) is 105 Å². The van der Waals surface area contributed by atoms with Crippen LogP contribution in [-0.2, 0) is 29.7 Å². The summed E-state index contributed by atoms with van der Waals surface area (Å²) < 4.78 is 101. The first-order chi connectivity index (χ1) is 27.3. The third-order valence-corrected chi connectivity index (χ3v) is 14.0. The van der Waals surface area contributed by atoms with Crippen molar-refractivity contribution in [3.63, 3.8) is 0 Å². The Labute approximate surface area is 392 Å². The molecule has 2 N–H and O–H groups in total. The number of carbonyl (C=O) groups is 2. The fourth-order valence-corrected chi connectivity index (χ4v) is 10.9. The van der Waals surface area contributed by atoms with Gasteiger partial charge in [0.25, 0.3) is 11.8 Å². The minimum Gasteiger partial charge on any atom is -0.746 e. The van der Waals surface area contributed by atoms with Gasteiger partial charge in [-0.1, -0.05) is 12.1 Å². The molecule has 6 atom stereocenters. The molecule has 4 unspecified atom stereocenters. The molecule has 4 aliphatic heterocycles. The van der Waals surface area contributed by atoms with E-state index in [2.05, 4.69) is 10.6 Å². The number of amides is 2. The molecule has 6 heterocycles. The van der Waals surface area contributed by atoms with Crippen LogP contribution < -0.4 is 79.2 Å². The first kappa shape index (κ1) is 45.7. The van der Waals surface area contributed by atoms with Gasteiger partial charge in [-0.05, 0) is 65.7 Å². The van der Waals surface area contributed by atoms with E-state index >= 15 is 0 Å². The topological polar surface area (TPSA) is 216 Å². The quantitative estimate of drug-likeness (QED) is 0.0896. The van der Waals surface area contributed by atoms with Gasteiger partial charge in [0.05, 0.1) is 25.3 Å². The van der Waals surface area contributed by atoms with Crippen LogP contribution >= 0.6 is 22.7 Å². The molecule has 59 heavy (non-hydrogen) atoms. The van der Waals surface area contributed by atoms with E-state index in [4.69, 9.17) is 18.9 Å². The van der Waals surface area contributed by atoms with Crippen molar-refractivity contribution in [1.82, 2.24) is 9.80 Å². The molecule has 22 heteroatoms. The molecule has 2 aromatic heterocycles. The predicted molar refractivity (Wildman–Crippen MR) is 209 cm³/mol. The minimum atomic E-state index is -5.09. The van der Waals surface area contributed by atoms with Gasteiger partial charge in [0.2, 0.25) is 0 Å². The van der Waals surface area contributed by atoms with E-state index in [0.717, 1.165) is 0 Å². The van der Waals surface area contributed by atoms with Crippen molar-refractivity contribution in [3.8, 4) is 11.5 Å². The summed E-state index contributed by atoms with van der Waals surface area (Å²) in [6, 6.07) is 13.5. The maximum Gasteiger partial charge on any atom is 1.00 e. The molecule has 0 saturated carbocycles. The Balaban J connectivity index is 0.00000293. The van der Waals surface area contributed by atoms with Crippen molar-refractivity contribution >= 4 is 77.2 Å². The Morgan fingerprint density at radius 2 is 1.07 bits per heavy atom. The summed E-state index contributed by atoms with van der Waals surface area (Å²) in [6.45, 7) is -0.133. The Morgan fingerprint density at radius 3 is 1.41 bits per heavy atom. The largest absolute Gasteiger partial charge is 1.00 e. The van der Waals surface area contributed by atoms with Gasteiger partial charge in [-0.15, -0.1) is 22.7 Å². The van der Waals surface area contributed by atoms with Gasteiger partial charge in [-0.3, -0.25) is 9.59 Å². The molecule has 4 aromatic rings. The number of ether oxygens (including phenoxy) is 4. The number of hydrogen-bond acceptors (Lipinski definition) is 16. The summed E-state index contributed by atoms with van der Waals surface area (Å²) in [5.74, 6) is -0.419. The van der Waals surface area contributed by atoms with Crippen LogP contribution in [0.15, 0.2) is 83.8 Å². The minimum absolute atomic E-state index is 0. The second-order valence-corrected chi connectivity index (χ2v) is 18.3. The summed E-state index contributed by atoms with van der Waals surface area (Å²) in [5, 5.41) is 5.61. The molecular formula is C37H34N4Na2O12S4. The van der Waals surface area contributed by atoms with E-state index in [-0.39, 0.29) is 101 Å². The normalized spacial score (nSPS) is 23.4. The molecule has 0 fully saturated rings. The molecule has 300 valence electrons. The molecule has 8 rings (SSSR count). The Morgan fingerprint density at radius 1 is 0.661 bits per heavy atom. The van der Waals surface area contributed by atoms with Crippen LogP contribution in [0.5, 0.6) is 11.5 Å².